The topological polar surface area (TPSA) is 65.7 Å². The second kappa shape index (κ2) is 7.35. The highest BCUT2D eigenvalue weighted by Crippen LogP contribution is 2.45. The van der Waals surface area contributed by atoms with E-state index in [2.05, 4.69) is 0 Å². The lowest BCUT2D eigenvalue weighted by molar-refractivity contribution is 0.00578. The van der Waals surface area contributed by atoms with Gasteiger partial charge < -0.3 is 13.7 Å². The molecule has 37 heavy (non-hydrogen) atoms. The van der Waals surface area contributed by atoms with Crippen molar-refractivity contribution < 1.29 is 22.1 Å². The van der Waals surface area contributed by atoms with Crippen LogP contribution in [0.4, 0.5) is 0 Å². The number of fused-ring (bicyclic) bond motifs is 6. The lowest BCUT2D eigenvalue weighted by Crippen LogP contribution is -2.41. The molecule has 7 rings (SSSR count). The number of sulfone groups is 1. The van der Waals surface area contributed by atoms with E-state index in [9.17, 15) is 8.42 Å². The second-order valence-electron chi connectivity index (χ2n) is 10.9. The van der Waals surface area contributed by atoms with Crippen molar-refractivity contribution >= 4 is 44.4 Å². The van der Waals surface area contributed by atoms with E-state index in [0.29, 0.717) is 20.9 Å². The standard InChI is InChI=1S/C30H25BO5S/c1-29(2)30(3,4)36-31(35-29)20-11-14-27-24(17-20)23-13-10-19(16-28(23)37(27,32)33)18-9-12-22-21-7-5-6-8-25(21)34-26(22)15-18/h5-17H,1-4H3. The molecule has 5 nitrogen and oxygen atoms in total. The van der Waals surface area contributed by atoms with Gasteiger partial charge in [0.1, 0.15) is 11.2 Å². The predicted octanol–water partition coefficient (Wildman–Crippen LogP) is 6.37. The number of rotatable bonds is 2. The molecule has 4 aromatic carbocycles. The number of hydrogen-bond donors (Lipinski definition) is 0. The summed E-state index contributed by atoms with van der Waals surface area (Å²) in [6.45, 7) is 8.02. The van der Waals surface area contributed by atoms with Crippen molar-refractivity contribution in [3.05, 3.63) is 78.9 Å². The minimum absolute atomic E-state index is 0.313. The average molecular weight is 508 g/mol. The molecule has 1 saturated heterocycles. The van der Waals surface area contributed by atoms with Crippen LogP contribution in [0.3, 0.4) is 0 Å². The van der Waals surface area contributed by atoms with Gasteiger partial charge in [0.25, 0.3) is 0 Å². The van der Waals surface area contributed by atoms with Crippen LogP contribution in [-0.4, -0.2) is 26.7 Å². The zero-order valence-electron chi connectivity index (χ0n) is 21.0. The lowest BCUT2D eigenvalue weighted by atomic mass is 9.78. The van der Waals surface area contributed by atoms with Crippen LogP contribution in [0, 0.1) is 0 Å². The number of para-hydroxylation sites is 1. The van der Waals surface area contributed by atoms with Gasteiger partial charge in [0, 0.05) is 21.9 Å². The van der Waals surface area contributed by atoms with Crippen molar-refractivity contribution in [1.29, 1.82) is 0 Å². The molecule has 0 N–H and O–H groups in total. The lowest BCUT2D eigenvalue weighted by Gasteiger charge is -2.32. The van der Waals surface area contributed by atoms with Gasteiger partial charge in [-0.25, -0.2) is 8.42 Å². The van der Waals surface area contributed by atoms with Crippen molar-refractivity contribution in [1.82, 2.24) is 0 Å². The molecule has 3 heterocycles. The van der Waals surface area contributed by atoms with Gasteiger partial charge in [0.05, 0.1) is 21.0 Å². The molecule has 0 bridgehead atoms. The summed E-state index contributed by atoms with van der Waals surface area (Å²) in [5.41, 5.74) is 4.56. The summed E-state index contributed by atoms with van der Waals surface area (Å²) in [6.07, 6.45) is 0. The first-order chi connectivity index (χ1) is 17.5. The van der Waals surface area contributed by atoms with Gasteiger partial charge in [-0.15, -0.1) is 0 Å². The highest BCUT2D eigenvalue weighted by Gasteiger charge is 2.52. The first-order valence-electron chi connectivity index (χ1n) is 12.4. The maximum Gasteiger partial charge on any atom is 0.494 e. The summed E-state index contributed by atoms with van der Waals surface area (Å²) >= 11 is 0. The molecule has 1 fully saturated rings. The van der Waals surface area contributed by atoms with Crippen LogP contribution in [0.2, 0.25) is 0 Å². The normalized spacial score (nSPS) is 18.9. The zero-order chi connectivity index (χ0) is 25.7. The quantitative estimate of drug-likeness (QED) is 0.255. The van der Waals surface area contributed by atoms with Crippen LogP contribution in [0.1, 0.15) is 27.7 Å². The largest absolute Gasteiger partial charge is 0.494 e. The van der Waals surface area contributed by atoms with Crippen molar-refractivity contribution in [2.24, 2.45) is 0 Å². The fraction of sp³-hybridized carbons (Fsp3) is 0.200. The Kier molecular flexibility index (Phi) is 4.52. The summed E-state index contributed by atoms with van der Waals surface area (Å²) < 4.78 is 45.5. The van der Waals surface area contributed by atoms with Crippen LogP contribution in [0.25, 0.3) is 44.2 Å². The SMILES string of the molecule is CC1(C)OB(c2ccc3c(c2)-c2ccc(-c4ccc5c(c4)oc4ccccc45)cc2S3(=O)=O)OC1(C)C. The fourth-order valence-electron chi connectivity index (χ4n) is 5.29. The third-order valence-corrected chi connectivity index (χ3v) is 9.94. The number of benzene rings is 4. The Hall–Kier alpha value is -3.39. The van der Waals surface area contributed by atoms with Gasteiger partial charge in [-0.2, -0.15) is 0 Å². The molecule has 2 aliphatic heterocycles. The molecule has 0 spiro atoms. The van der Waals surface area contributed by atoms with Crippen molar-refractivity contribution in [2.75, 3.05) is 0 Å². The summed E-state index contributed by atoms with van der Waals surface area (Å²) in [4.78, 5) is 0.628. The molecule has 7 heteroatoms. The summed E-state index contributed by atoms with van der Waals surface area (Å²) in [6, 6.07) is 24.9. The van der Waals surface area contributed by atoms with E-state index in [0.717, 1.165) is 38.5 Å². The van der Waals surface area contributed by atoms with Gasteiger partial charge in [-0.1, -0.05) is 48.5 Å². The van der Waals surface area contributed by atoms with Gasteiger partial charge in [-0.3, -0.25) is 0 Å². The van der Waals surface area contributed by atoms with E-state index in [1.54, 1.807) is 18.2 Å². The van der Waals surface area contributed by atoms with Crippen LogP contribution in [0.15, 0.2) is 93.1 Å². The third-order valence-electron chi connectivity index (χ3n) is 8.09. The van der Waals surface area contributed by atoms with Crippen LogP contribution < -0.4 is 5.46 Å². The molecular formula is C30H25BO5S. The maximum atomic E-state index is 13.5. The Morgan fingerprint density at radius 3 is 2.11 bits per heavy atom. The molecule has 5 aromatic rings. The van der Waals surface area contributed by atoms with E-state index in [4.69, 9.17) is 13.7 Å². The minimum atomic E-state index is -3.65. The summed E-state index contributed by atoms with van der Waals surface area (Å²) in [5.74, 6) is 0. The van der Waals surface area contributed by atoms with E-state index >= 15 is 0 Å². The highest BCUT2D eigenvalue weighted by molar-refractivity contribution is 7.92. The minimum Gasteiger partial charge on any atom is -0.456 e. The van der Waals surface area contributed by atoms with E-state index in [-0.39, 0.29) is 0 Å². The van der Waals surface area contributed by atoms with Crippen LogP contribution in [-0.2, 0) is 19.1 Å². The molecule has 184 valence electrons. The highest BCUT2D eigenvalue weighted by atomic mass is 32.2. The summed E-state index contributed by atoms with van der Waals surface area (Å²) in [7, 11) is -4.21. The van der Waals surface area contributed by atoms with Gasteiger partial charge in [0.15, 0.2) is 0 Å². The second-order valence-corrected chi connectivity index (χ2v) is 12.8. The first-order valence-corrected chi connectivity index (χ1v) is 13.8. The molecule has 0 saturated carbocycles. The molecule has 2 aliphatic rings. The average Bonchev–Trinajstić information content (AvgIpc) is 3.43. The first kappa shape index (κ1) is 22.8. The molecule has 0 amide bonds. The van der Waals surface area contributed by atoms with E-state index < -0.39 is 28.2 Å². The molecule has 0 aliphatic carbocycles. The monoisotopic (exact) mass is 508 g/mol. The maximum absolute atomic E-state index is 13.5. The number of hydrogen-bond acceptors (Lipinski definition) is 5. The number of furan rings is 1. The van der Waals surface area contributed by atoms with Crippen LogP contribution >= 0.6 is 0 Å². The summed E-state index contributed by atoms with van der Waals surface area (Å²) in [5, 5.41) is 2.10. The van der Waals surface area contributed by atoms with E-state index in [1.165, 1.54) is 0 Å². The molecule has 0 atom stereocenters. The Bertz CT molecular complexity index is 1850. The Balaban J connectivity index is 1.31. The predicted molar refractivity (Wildman–Crippen MR) is 146 cm³/mol. The molecule has 0 unspecified atom stereocenters. The van der Waals surface area contributed by atoms with Crippen molar-refractivity contribution in [2.45, 2.75) is 48.7 Å². The van der Waals surface area contributed by atoms with Crippen LogP contribution in [0.5, 0.6) is 0 Å². The Labute approximate surface area is 216 Å². The smallest absolute Gasteiger partial charge is 0.456 e. The molecule has 1 aromatic heterocycles. The van der Waals surface area contributed by atoms with Crippen molar-refractivity contribution in [3.63, 3.8) is 0 Å². The zero-order valence-corrected chi connectivity index (χ0v) is 21.8. The van der Waals surface area contributed by atoms with Gasteiger partial charge >= 0.3 is 7.12 Å². The Morgan fingerprint density at radius 1 is 0.649 bits per heavy atom. The molecular weight excluding hydrogens is 483 g/mol. The Morgan fingerprint density at radius 2 is 1.32 bits per heavy atom. The molecule has 0 radical (unpaired) electrons. The van der Waals surface area contributed by atoms with Gasteiger partial charge in [0.2, 0.25) is 9.84 Å². The fourth-order valence-corrected chi connectivity index (χ4v) is 6.98. The third kappa shape index (κ3) is 3.21. The van der Waals surface area contributed by atoms with E-state index in [1.807, 2.05) is 88.4 Å². The van der Waals surface area contributed by atoms with Gasteiger partial charge in [-0.05, 0) is 74.6 Å². The van der Waals surface area contributed by atoms with Crippen molar-refractivity contribution in [3.8, 4) is 22.3 Å².